The smallest absolute Gasteiger partial charge is 0.272 e. The van der Waals surface area contributed by atoms with Crippen molar-refractivity contribution in [2.75, 3.05) is 5.32 Å². The third kappa shape index (κ3) is 2.42. The minimum absolute atomic E-state index is 0.257. The van der Waals surface area contributed by atoms with Gasteiger partial charge >= 0.3 is 0 Å². The Morgan fingerprint density at radius 1 is 1.24 bits per heavy atom. The minimum atomic E-state index is -0.257. The molecule has 1 heterocycles. The zero-order valence-electron chi connectivity index (χ0n) is 9.36. The van der Waals surface area contributed by atoms with Crippen LogP contribution >= 0.6 is 0 Å². The Labute approximate surface area is 98.7 Å². The molecule has 4 nitrogen and oxygen atoms in total. The Hall–Kier alpha value is -2.36. The van der Waals surface area contributed by atoms with E-state index in [0.29, 0.717) is 17.7 Å². The maximum Gasteiger partial charge on any atom is 0.272 e. The largest absolute Gasteiger partial charge is 0.348 e. The summed E-state index contributed by atoms with van der Waals surface area (Å²) in [5, 5.41) is 2.78. The van der Waals surface area contributed by atoms with Gasteiger partial charge in [0, 0.05) is 5.69 Å². The summed E-state index contributed by atoms with van der Waals surface area (Å²) in [5.74, 6) is -0.257. The summed E-state index contributed by atoms with van der Waals surface area (Å²) in [6, 6.07) is 10.7. The highest BCUT2D eigenvalue weighted by Crippen LogP contribution is 2.14. The molecule has 86 valence electrons. The number of aldehydes is 1. The molecule has 0 spiro atoms. The van der Waals surface area contributed by atoms with Gasteiger partial charge in [-0.05, 0) is 30.7 Å². The van der Waals surface area contributed by atoms with Crippen LogP contribution in [0, 0.1) is 6.92 Å². The van der Waals surface area contributed by atoms with Gasteiger partial charge in [0.15, 0.2) is 6.29 Å². The van der Waals surface area contributed by atoms with E-state index in [2.05, 4.69) is 10.3 Å². The lowest BCUT2D eigenvalue weighted by Gasteiger charge is -2.06. The van der Waals surface area contributed by atoms with Gasteiger partial charge in [0.05, 0.1) is 5.69 Å². The van der Waals surface area contributed by atoms with E-state index < -0.39 is 0 Å². The first-order chi connectivity index (χ1) is 8.20. The van der Waals surface area contributed by atoms with E-state index in [4.69, 9.17) is 0 Å². The average Bonchev–Trinajstić information content (AvgIpc) is 2.81. The van der Waals surface area contributed by atoms with Crippen LogP contribution in [-0.2, 0) is 0 Å². The normalized spacial score (nSPS) is 9.94. The highest BCUT2D eigenvalue weighted by atomic mass is 16.2. The number of aromatic amines is 1. The molecule has 2 aromatic rings. The molecule has 0 saturated heterocycles. The van der Waals surface area contributed by atoms with Gasteiger partial charge in [0.2, 0.25) is 0 Å². The number of hydrogen-bond donors (Lipinski definition) is 2. The molecule has 0 unspecified atom stereocenters. The van der Waals surface area contributed by atoms with E-state index >= 15 is 0 Å². The van der Waals surface area contributed by atoms with Crippen LogP contribution in [0.25, 0.3) is 0 Å². The molecule has 0 aliphatic rings. The molecule has 0 aliphatic carbocycles. The number of nitrogens with one attached hydrogen (secondary N) is 2. The van der Waals surface area contributed by atoms with Crippen molar-refractivity contribution in [2.24, 2.45) is 0 Å². The van der Waals surface area contributed by atoms with Crippen LogP contribution in [0.15, 0.2) is 36.4 Å². The summed E-state index contributed by atoms with van der Waals surface area (Å²) in [6.07, 6.45) is 0.671. The van der Waals surface area contributed by atoms with Crippen molar-refractivity contribution in [3.05, 3.63) is 53.3 Å². The van der Waals surface area contributed by atoms with E-state index in [-0.39, 0.29) is 5.91 Å². The number of carbonyl (C=O) groups excluding carboxylic acids is 2. The lowest BCUT2D eigenvalue weighted by atomic mass is 10.2. The van der Waals surface area contributed by atoms with Crippen molar-refractivity contribution in [3.63, 3.8) is 0 Å². The van der Waals surface area contributed by atoms with Crippen LogP contribution in [0.3, 0.4) is 0 Å². The lowest BCUT2D eigenvalue weighted by Crippen LogP contribution is -2.13. The van der Waals surface area contributed by atoms with Crippen LogP contribution in [0.5, 0.6) is 0 Å². The fourth-order valence-corrected chi connectivity index (χ4v) is 1.52. The number of H-pyrrole nitrogens is 1. The summed E-state index contributed by atoms with van der Waals surface area (Å²) in [5.41, 5.74) is 2.51. The fourth-order valence-electron chi connectivity index (χ4n) is 1.52. The zero-order valence-corrected chi connectivity index (χ0v) is 9.36. The van der Waals surface area contributed by atoms with Crippen LogP contribution in [0.2, 0.25) is 0 Å². The third-order valence-corrected chi connectivity index (χ3v) is 2.47. The molecule has 4 heteroatoms. The first kappa shape index (κ1) is 11.1. The number of carbonyl (C=O) groups is 2. The minimum Gasteiger partial charge on any atom is -0.348 e. The highest BCUT2D eigenvalue weighted by Gasteiger charge is 2.09. The SMILES string of the molecule is Cc1ccccc1NC(=O)c1ccc(C=O)[nH]1. The van der Waals surface area contributed by atoms with Crippen molar-refractivity contribution in [1.29, 1.82) is 0 Å². The molecule has 2 rings (SSSR count). The Bertz CT molecular complexity index is 558. The first-order valence-electron chi connectivity index (χ1n) is 5.22. The predicted octanol–water partition coefficient (Wildman–Crippen LogP) is 2.39. The van der Waals surface area contributed by atoms with Crippen molar-refractivity contribution >= 4 is 17.9 Å². The average molecular weight is 228 g/mol. The Balaban J connectivity index is 2.17. The van der Waals surface area contributed by atoms with E-state index in [0.717, 1.165) is 11.3 Å². The number of aromatic nitrogens is 1. The molecule has 0 radical (unpaired) electrons. The maximum atomic E-state index is 11.8. The molecule has 0 aliphatic heterocycles. The van der Waals surface area contributed by atoms with Crippen molar-refractivity contribution in [1.82, 2.24) is 4.98 Å². The third-order valence-electron chi connectivity index (χ3n) is 2.47. The molecule has 0 fully saturated rings. The number of amides is 1. The van der Waals surface area contributed by atoms with Gasteiger partial charge in [0.25, 0.3) is 5.91 Å². The summed E-state index contributed by atoms with van der Waals surface area (Å²) < 4.78 is 0. The molecule has 1 amide bonds. The molecule has 0 bridgehead atoms. The molecule has 17 heavy (non-hydrogen) atoms. The van der Waals surface area contributed by atoms with Gasteiger partial charge in [-0.25, -0.2) is 0 Å². The molecular weight excluding hydrogens is 216 g/mol. The highest BCUT2D eigenvalue weighted by molar-refractivity contribution is 6.03. The maximum absolute atomic E-state index is 11.8. The van der Waals surface area contributed by atoms with Gasteiger partial charge < -0.3 is 10.3 Å². The lowest BCUT2D eigenvalue weighted by molar-refractivity contribution is 0.102. The van der Waals surface area contributed by atoms with E-state index in [1.807, 2.05) is 31.2 Å². The van der Waals surface area contributed by atoms with Gasteiger partial charge in [-0.15, -0.1) is 0 Å². The number of para-hydroxylation sites is 1. The van der Waals surface area contributed by atoms with Gasteiger partial charge in [-0.2, -0.15) is 0 Å². The quantitative estimate of drug-likeness (QED) is 0.792. The molecule has 2 N–H and O–H groups in total. The van der Waals surface area contributed by atoms with Crippen LogP contribution in [0.1, 0.15) is 26.5 Å². The summed E-state index contributed by atoms with van der Waals surface area (Å²) in [7, 11) is 0. The van der Waals surface area contributed by atoms with Crippen molar-refractivity contribution in [2.45, 2.75) is 6.92 Å². The Morgan fingerprint density at radius 2 is 2.00 bits per heavy atom. The van der Waals surface area contributed by atoms with Crippen molar-refractivity contribution in [3.8, 4) is 0 Å². The Kier molecular flexibility index (Phi) is 3.05. The topological polar surface area (TPSA) is 62.0 Å². The fraction of sp³-hybridized carbons (Fsp3) is 0.0769. The van der Waals surface area contributed by atoms with Gasteiger partial charge in [-0.3, -0.25) is 9.59 Å². The molecular formula is C13H12N2O2. The van der Waals surface area contributed by atoms with E-state index in [1.54, 1.807) is 12.1 Å². The monoisotopic (exact) mass is 228 g/mol. The van der Waals surface area contributed by atoms with Gasteiger partial charge in [-0.1, -0.05) is 18.2 Å². The summed E-state index contributed by atoms with van der Waals surface area (Å²) in [6.45, 7) is 1.92. The molecule has 0 saturated carbocycles. The Morgan fingerprint density at radius 3 is 2.65 bits per heavy atom. The van der Waals surface area contributed by atoms with E-state index in [1.165, 1.54) is 0 Å². The van der Waals surface area contributed by atoms with Gasteiger partial charge in [0.1, 0.15) is 5.69 Å². The van der Waals surface area contributed by atoms with Crippen LogP contribution < -0.4 is 5.32 Å². The molecule has 1 aromatic carbocycles. The second-order valence-electron chi connectivity index (χ2n) is 3.71. The second-order valence-corrected chi connectivity index (χ2v) is 3.71. The predicted molar refractivity (Wildman–Crippen MR) is 65.3 cm³/mol. The van der Waals surface area contributed by atoms with Crippen LogP contribution in [0.4, 0.5) is 5.69 Å². The van der Waals surface area contributed by atoms with E-state index in [9.17, 15) is 9.59 Å². The number of rotatable bonds is 3. The first-order valence-corrected chi connectivity index (χ1v) is 5.22. The molecule has 0 atom stereocenters. The number of hydrogen-bond acceptors (Lipinski definition) is 2. The number of anilines is 1. The summed E-state index contributed by atoms with van der Waals surface area (Å²) in [4.78, 5) is 25.1. The standard InChI is InChI=1S/C13H12N2O2/c1-9-4-2-3-5-11(9)15-13(17)12-7-6-10(8-16)14-12/h2-8,14H,1H3,(H,15,17). The summed E-state index contributed by atoms with van der Waals surface area (Å²) >= 11 is 0. The zero-order chi connectivity index (χ0) is 12.3. The molecule has 1 aromatic heterocycles. The number of benzene rings is 1. The second kappa shape index (κ2) is 4.65. The van der Waals surface area contributed by atoms with Crippen molar-refractivity contribution < 1.29 is 9.59 Å². The van der Waals surface area contributed by atoms with Crippen LogP contribution in [-0.4, -0.2) is 17.2 Å². The number of aryl methyl sites for hydroxylation is 1.